The van der Waals surface area contributed by atoms with E-state index < -0.39 is 25.6 Å². The monoisotopic (exact) mass is 310 g/mol. The van der Waals surface area contributed by atoms with Gasteiger partial charge in [-0.3, -0.25) is 0 Å². The van der Waals surface area contributed by atoms with Gasteiger partial charge in [-0.25, -0.2) is 24.6 Å². The Labute approximate surface area is 119 Å². The molecule has 0 atom stereocenters. The van der Waals surface area contributed by atoms with Crippen molar-refractivity contribution in [1.82, 2.24) is 9.97 Å². The summed E-state index contributed by atoms with van der Waals surface area (Å²) in [7, 11) is 0. The highest BCUT2D eigenvalue weighted by Crippen LogP contribution is 2.25. The van der Waals surface area contributed by atoms with Crippen LogP contribution in [0.5, 0.6) is 0 Å². The van der Waals surface area contributed by atoms with E-state index in [1.54, 1.807) is 6.92 Å². The van der Waals surface area contributed by atoms with Crippen LogP contribution in [0.2, 0.25) is 0 Å². The summed E-state index contributed by atoms with van der Waals surface area (Å²) in [5.74, 6) is 1.73. The Bertz CT molecular complexity index is 483. The SMILES string of the molecule is Cc1nc(COCC(F)(F)C(F)F)nc(NN)c1C(C)C. The van der Waals surface area contributed by atoms with Gasteiger partial charge in [0.05, 0.1) is 0 Å². The predicted molar refractivity (Wildman–Crippen MR) is 69.3 cm³/mol. The molecule has 21 heavy (non-hydrogen) atoms. The Morgan fingerprint density at radius 3 is 2.38 bits per heavy atom. The number of ether oxygens (including phenoxy) is 1. The molecule has 0 aliphatic heterocycles. The fourth-order valence-corrected chi connectivity index (χ4v) is 1.85. The number of nitrogens with one attached hydrogen (secondary N) is 1. The zero-order valence-electron chi connectivity index (χ0n) is 12.0. The molecule has 5 nitrogen and oxygen atoms in total. The van der Waals surface area contributed by atoms with Crippen molar-refractivity contribution in [3.8, 4) is 0 Å². The highest BCUT2D eigenvalue weighted by Gasteiger charge is 2.41. The first-order chi connectivity index (χ1) is 9.69. The molecule has 0 amide bonds. The van der Waals surface area contributed by atoms with E-state index in [1.165, 1.54) is 0 Å². The topological polar surface area (TPSA) is 73.1 Å². The van der Waals surface area contributed by atoms with Gasteiger partial charge in [0.2, 0.25) is 0 Å². The lowest BCUT2D eigenvalue weighted by atomic mass is 10.0. The van der Waals surface area contributed by atoms with Gasteiger partial charge in [-0.1, -0.05) is 13.8 Å². The molecule has 1 aromatic heterocycles. The summed E-state index contributed by atoms with van der Waals surface area (Å²) in [6, 6.07) is 0. The molecule has 1 heterocycles. The number of anilines is 1. The molecule has 0 aliphatic rings. The minimum Gasteiger partial charge on any atom is -0.367 e. The summed E-state index contributed by atoms with van der Waals surface area (Å²) < 4.78 is 53.9. The van der Waals surface area contributed by atoms with E-state index in [9.17, 15) is 17.6 Å². The average molecular weight is 310 g/mol. The minimum atomic E-state index is -4.19. The number of rotatable bonds is 7. The van der Waals surface area contributed by atoms with Gasteiger partial charge in [0, 0.05) is 11.3 Å². The van der Waals surface area contributed by atoms with Gasteiger partial charge in [0.1, 0.15) is 19.0 Å². The van der Waals surface area contributed by atoms with E-state index in [0.717, 1.165) is 5.56 Å². The molecule has 0 unspecified atom stereocenters. The van der Waals surface area contributed by atoms with Crippen LogP contribution in [-0.2, 0) is 11.3 Å². The molecule has 0 radical (unpaired) electrons. The molecule has 9 heteroatoms. The van der Waals surface area contributed by atoms with E-state index in [2.05, 4.69) is 20.1 Å². The number of nitrogens with two attached hydrogens (primary N) is 1. The van der Waals surface area contributed by atoms with E-state index in [1.807, 2.05) is 13.8 Å². The number of hydrogen-bond acceptors (Lipinski definition) is 5. The number of aryl methyl sites for hydroxylation is 1. The van der Waals surface area contributed by atoms with Crippen molar-refractivity contribution >= 4 is 5.82 Å². The van der Waals surface area contributed by atoms with Crippen LogP contribution in [0.3, 0.4) is 0 Å². The van der Waals surface area contributed by atoms with Crippen LogP contribution in [0.4, 0.5) is 23.4 Å². The van der Waals surface area contributed by atoms with Crippen molar-refractivity contribution in [2.45, 2.75) is 45.6 Å². The van der Waals surface area contributed by atoms with Gasteiger partial charge in [-0.2, -0.15) is 8.78 Å². The van der Waals surface area contributed by atoms with Crippen LogP contribution >= 0.6 is 0 Å². The molecular weight excluding hydrogens is 292 g/mol. The zero-order chi connectivity index (χ0) is 16.2. The van der Waals surface area contributed by atoms with Crippen LogP contribution < -0.4 is 11.3 Å². The van der Waals surface area contributed by atoms with Gasteiger partial charge in [-0.05, 0) is 12.8 Å². The van der Waals surface area contributed by atoms with E-state index in [4.69, 9.17) is 5.84 Å². The van der Waals surface area contributed by atoms with Crippen molar-refractivity contribution in [3.05, 3.63) is 17.1 Å². The lowest BCUT2D eigenvalue weighted by Crippen LogP contribution is -2.32. The summed E-state index contributed by atoms with van der Waals surface area (Å²) in [4.78, 5) is 8.14. The molecule has 0 aromatic carbocycles. The number of nitrogens with zero attached hydrogens (tertiary/aromatic N) is 2. The third-order valence-corrected chi connectivity index (χ3v) is 2.74. The van der Waals surface area contributed by atoms with Gasteiger partial charge in [0.15, 0.2) is 5.82 Å². The molecule has 1 aromatic rings. The molecule has 3 N–H and O–H groups in total. The number of halogens is 4. The third-order valence-electron chi connectivity index (χ3n) is 2.74. The lowest BCUT2D eigenvalue weighted by molar-refractivity contribution is -0.168. The van der Waals surface area contributed by atoms with Crippen molar-refractivity contribution in [2.75, 3.05) is 12.0 Å². The van der Waals surface area contributed by atoms with Crippen LogP contribution in [0.15, 0.2) is 0 Å². The van der Waals surface area contributed by atoms with Crippen molar-refractivity contribution in [2.24, 2.45) is 5.84 Å². The van der Waals surface area contributed by atoms with E-state index in [0.29, 0.717) is 11.5 Å². The summed E-state index contributed by atoms with van der Waals surface area (Å²) >= 11 is 0. The Morgan fingerprint density at radius 1 is 1.29 bits per heavy atom. The fraction of sp³-hybridized carbons (Fsp3) is 0.667. The predicted octanol–water partition coefficient (Wildman–Crippen LogP) is 2.61. The number of nitrogen functional groups attached to an aromatic ring is 1. The summed E-state index contributed by atoms with van der Waals surface area (Å²) in [6.07, 6.45) is -3.77. The molecule has 120 valence electrons. The maximum Gasteiger partial charge on any atom is 0.330 e. The largest absolute Gasteiger partial charge is 0.367 e. The normalized spacial score (nSPS) is 12.3. The number of hydrogen-bond donors (Lipinski definition) is 2. The highest BCUT2D eigenvalue weighted by atomic mass is 19.3. The lowest BCUT2D eigenvalue weighted by Gasteiger charge is -2.17. The molecule has 1 rings (SSSR count). The van der Waals surface area contributed by atoms with E-state index >= 15 is 0 Å². The fourth-order valence-electron chi connectivity index (χ4n) is 1.85. The summed E-state index contributed by atoms with van der Waals surface area (Å²) in [6.45, 7) is 3.76. The molecule has 0 aliphatic carbocycles. The smallest absolute Gasteiger partial charge is 0.330 e. The zero-order valence-corrected chi connectivity index (χ0v) is 12.0. The minimum absolute atomic E-state index is 0.0925. The summed E-state index contributed by atoms with van der Waals surface area (Å²) in [5, 5.41) is 0. The first kappa shape index (κ1) is 17.6. The Morgan fingerprint density at radius 2 is 1.90 bits per heavy atom. The van der Waals surface area contributed by atoms with Crippen LogP contribution in [-0.4, -0.2) is 28.9 Å². The molecule has 0 fully saturated rings. The standard InChI is InChI=1S/C12H18F4N4O/c1-6(2)9-7(3)18-8(19-10(9)20-17)4-21-5-12(15,16)11(13)14/h6,11H,4-5,17H2,1-3H3,(H,18,19,20). The first-order valence-corrected chi connectivity index (χ1v) is 6.26. The number of alkyl halides is 4. The second-order valence-electron chi connectivity index (χ2n) is 4.84. The molecule has 0 spiro atoms. The van der Waals surface area contributed by atoms with E-state index in [-0.39, 0.29) is 11.7 Å². The molecule has 0 saturated heterocycles. The maximum absolute atomic E-state index is 12.7. The Hall–Kier alpha value is -1.48. The molecule has 0 bridgehead atoms. The average Bonchev–Trinajstić information content (AvgIpc) is 2.36. The van der Waals surface area contributed by atoms with Crippen molar-refractivity contribution in [3.63, 3.8) is 0 Å². The van der Waals surface area contributed by atoms with Gasteiger partial charge < -0.3 is 10.2 Å². The van der Waals surface area contributed by atoms with Gasteiger partial charge in [-0.15, -0.1) is 0 Å². The quantitative estimate of drug-likeness (QED) is 0.460. The number of hydrazine groups is 1. The van der Waals surface area contributed by atoms with Crippen molar-refractivity contribution < 1.29 is 22.3 Å². The third kappa shape index (κ3) is 4.50. The second-order valence-corrected chi connectivity index (χ2v) is 4.84. The second kappa shape index (κ2) is 6.99. The molecule has 0 saturated carbocycles. The Kier molecular flexibility index (Phi) is 5.85. The van der Waals surface area contributed by atoms with Crippen molar-refractivity contribution in [1.29, 1.82) is 0 Å². The summed E-state index contributed by atoms with van der Waals surface area (Å²) in [5.41, 5.74) is 3.82. The molecular formula is C12H18F4N4O. The van der Waals surface area contributed by atoms with Crippen LogP contribution in [0.25, 0.3) is 0 Å². The maximum atomic E-state index is 12.7. The first-order valence-electron chi connectivity index (χ1n) is 6.26. The highest BCUT2D eigenvalue weighted by molar-refractivity contribution is 5.47. The number of aromatic nitrogens is 2. The van der Waals surface area contributed by atoms with Crippen LogP contribution in [0.1, 0.15) is 36.8 Å². The van der Waals surface area contributed by atoms with Gasteiger partial charge in [0.25, 0.3) is 0 Å². The van der Waals surface area contributed by atoms with Crippen LogP contribution in [0, 0.1) is 6.92 Å². The Balaban J connectivity index is 2.80. The van der Waals surface area contributed by atoms with Gasteiger partial charge >= 0.3 is 12.3 Å².